The molecule has 0 radical (unpaired) electrons. The molecule has 4 heteroatoms. The number of amides is 2. The Morgan fingerprint density at radius 1 is 1.29 bits per heavy atom. The SMILES string of the molecule is CC1CC2(CCO1)CC(=O)NC(=O)C2Cc1ccccc1. The van der Waals surface area contributed by atoms with E-state index in [9.17, 15) is 9.59 Å². The first kappa shape index (κ1) is 14.3. The fraction of sp³-hybridized carbons (Fsp3) is 0.529. The zero-order valence-electron chi connectivity index (χ0n) is 12.3. The van der Waals surface area contributed by atoms with Crippen molar-refractivity contribution in [2.45, 2.75) is 38.7 Å². The molecule has 2 heterocycles. The minimum Gasteiger partial charge on any atom is -0.378 e. The first-order chi connectivity index (χ1) is 10.1. The number of piperidine rings is 1. The second-order valence-electron chi connectivity index (χ2n) is 6.33. The molecule has 1 aromatic carbocycles. The summed E-state index contributed by atoms with van der Waals surface area (Å²) in [4.78, 5) is 24.3. The van der Waals surface area contributed by atoms with Crippen LogP contribution in [-0.2, 0) is 20.7 Å². The maximum atomic E-state index is 12.4. The Balaban J connectivity index is 1.89. The molecule has 4 nitrogen and oxygen atoms in total. The molecule has 3 atom stereocenters. The molecule has 2 fully saturated rings. The summed E-state index contributed by atoms with van der Waals surface area (Å²) in [6.07, 6.45) is 2.80. The molecule has 2 amide bonds. The highest BCUT2D eigenvalue weighted by molar-refractivity contribution is 5.99. The molecule has 0 saturated carbocycles. The third-order valence-electron chi connectivity index (χ3n) is 4.81. The first-order valence-corrected chi connectivity index (χ1v) is 7.58. The van der Waals surface area contributed by atoms with Gasteiger partial charge in [0.1, 0.15) is 0 Å². The highest BCUT2D eigenvalue weighted by Gasteiger charge is 2.50. The number of benzene rings is 1. The van der Waals surface area contributed by atoms with Crippen LogP contribution < -0.4 is 5.32 Å². The van der Waals surface area contributed by atoms with Crippen LogP contribution in [0.3, 0.4) is 0 Å². The van der Waals surface area contributed by atoms with Crippen molar-refractivity contribution in [2.24, 2.45) is 11.3 Å². The lowest BCUT2D eigenvalue weighted by Gasteiger charge is -2.47. The molecule has 2 aliphatic rings. The largest absolute Gasteiger partial charge is 0.378 e. The van der Waals surface area contributed by atoms with E-state index in [0.29, 0.717) is 19.4 Å². The summed E-state index contributed by atoms with van der Waals surface area (Å²) >= 11 is 0. The van der Waals surface area contributed by atoms with Crippen molar-refractivity contribution < 1.29 is 14.3 Å². The summed E-state index contributed by atoms with van der Waals surface area (Å²) in [5.41, 5.74) is 0.901. The Kier molecular flexibility index (Phi) is 3.81. The Morgan fingerprint density at radius 2 is 2.05 bits per heavy atom. The molecule has 3 rings (SSSR count). The van der Waals surface area contributed by atoms with Gasteiger partial charge in [0, 0.05) is 18.9 Å². The van der Waals surface area contributed by atoms with E-state index in [0.717, 1.165) is 18.4 Å². The van der Waals surface area contributed by atoms with Gasteiger partial charge in [-0.3, -0.25) is 14.9 Å². The summed E-state index contributed by atoms with van der Waals surface area (Å²) in [6.45, 7) is 2.66. The van der Waals surface area contributed by atoms with Gasteiger partial charge < -0.3 is 4.74 Å². The predicted molar refractivity (Wildman–Crippen MR) is 78.5 cm³/mol. The number of carbonyl (C=O) groups is 2. The highest BCUT2D eigenvalue weighted by atomic mass is 16.5. The van der Waals surface area contributed by atoms with E-state index in [-0.39, 0.29) is 29.3 Å². The lowest BCUT2D eigenvalue weighted by Crippen LogP contribution is -2.55. The van der Waals surface area contributed by atoms with Crippen molar-refractivity contribution in [3.8, 4) is 0 Å². The molecular weight excluding hydrogens is 266 g/mol. The normalized spacial score (nSPS) is 33.0. The van der Waals surface area contributed by atoms with Crippen molar-refractivity contribution >= 4 is 11.8 Å². The predicted octanol–water partition coefficient (Wildman–Crippen LogP) is 2.08. The Labute approximate surface area is 124 Å². The van der Waals surface area contributed by atoms with E-state index in [1.165, 1.54) is 0 Å². The number of carbonyl (C=O) groups excluding carboxylic acids is 2. The van der Waals surface area contributed by atoms with Crippen LogP contribution in [0.25, 0.3) is 0 Å². The van der Waals surface area contributed by atoms with E-state index in [2.05, 4.69) is 5.32 Å². The van der Waals surface area contributed by atoms with Crippen LogP contribution in [0, 0.1) is 11.3 Å². The topological polar surface area (TPSA) is 55.4 Å². The number of nitrogens with one attached hydrogen (secondary N) is 1. The standard InChI is InChI=1S/C17H21NO3/c1-12-10-17(7-8-21-12)11-15(19)18-16(20)14(17)9-13-5-3-2-4-6-13/h2-6,12,14H,7-11H2,1H3,(H,18,19,20). The fourth-order valence-corrected chi connectivity index (χ4v) is 3.82. The van der Waals surface area contributed by atoms with Crippen molar-refractivity contribution in [1.29, 1.82) is 0 Å². The molecule has 2 aliphatic heterocycles. The van der Waals surface area contributed by atoms with E-state index in [1.54, 1.807) is 0 Å². The van der Waals surface area contributed by atoms with Gasteiger partial charge in [0.25, 0.3) is 0 Å². The number of hydrogen-bond acceptors (Lipinski definition) is 3. The fourth-order valence-electron chi connectivity index (χ4n) is 3.82. The van der Waals surface area contributed by atoms with Crippen LogP contribution >= 0.6 is 0 Å². The molecule has 1 N–H and O–H groups in total. The zero-order chi connectivity index (χ0) is 14.9. The van der Waals surface area contributed by atoms with E-state index in [4.69, 9.17) is 4.74 Å². The molecule has 0 bridgehead atoms. The van der Waals surface area contributed by atoms with Gasteiger partial charge in [0.15, 0.2) is 0 Å². The first-order valence-electron chi connectivity index (χ1n) is 7.58. The van der Waals surface area contributed by atoms with E-state index < -0.39 is 0 Å². The number of imide groups is 1. The highest BCUT2D eigenvalue weighted by Crippen LogP contribution is 2.46. The average molecular weight is 287 g/mol. The molecule has 3 unspecified atom stereocenters. The molecule has 1 aromatic rings. The van der Waals surface area contributed by atoms with Crippen molar-refractivity contribution in [1.82, 2.24) is 5.32 Å². The van der Waals surface area contributed by atoms with Crippen LogP contribution in [0.1, 0.15) is 31.7 Å². The zero-order valence-corrected chi connectivity index (χ0v) is 12.3. The number of ether oxygens (including phenoxy) is 1. The molecule has 0 aromatic heterocycles. The third kappa shape index (κ3) is 2.86. The summed E-state index contributed by atoms with van der Waals surface area (Å²) in [5, 5.41) is 2.52. The van der Waals surface area contributed by atoms with Gasteiger partial charge >= 0.3 is 0 Å². The smallest absolute Gasteiger partial charge is 0.230 e. The molecular formula is C17H21NO3. The van der Waals surface area contributed by atoms with Crippen LogP contribution in [0.2, 0.25) is 0 Å². The van der Waals surface area contributed by atoms with Gasteiger partial charge in [0.2, 0.25) is 11.8 Å². The maximum absolute atomic E-state index is 12.4. The molecule has 0 aliphatic carbocycles. The minimum atomic E-state index is -0.243. The second-order valence-corrected chi connectivity index (χ2v) is 6.33. The number of hydrogen-bond donors (Lipinski definition) is 1. The lowest BCUT2D eigenvalue weighted by molar-refractivity contribution is -0.151. The van der Waals surface area contributed by atoms with Crippen molar-refractivity contribution in [3.05, 3.63) is 35.9 Å². The number of rotatable bonds is 2. The van der Waals surface area contributed by atoms with Crippen LogP contribution in [0.5, 0.6) is 0 Å². The van der Waals surface area contributed by atoms with Gasteiger partial charge in [-0.2, -0.15) is 0 Å². The summed E-state index contributed by atoms with van der Waals surface area (Å²) in [7, 11) is 0. The Bertz CT molecular complexity index is 542. The van der Waals surface area contributed by atoms with Gasteiger partial charge in [-0.05, 0) is 37.2 Å². The molecule has 2 saturated heterocycles. The minimum absolute atomic E-state index is 0.107. The van der Waals surface area contributed by atoms with Gasteiger partial charge in [-0.1, -0.05) is 30.3 Å². The van der Waals surface area contributed by atoms with E-state index in [1.807, 2.05) is 37.3 Å². The van der Waals surface area contributed by atoms with E-state index >= 15 is 0 Å². The summed E-state index contributed by atoms with van der Waals surface area (Å²) < 4.78 is 5.63. The van der Waals surface area contributed by atoms with Crippen molar-refractivity contribution in [2.75, 3.05) is 6.61 Å². The van der Waals surface area contributed by atoms with Crippen molar-refractivity contribution in [3.63, 3.8) is 0 Å². The van der Waals surface area contributed by atoms with Gasteiger partial charge in [0.05, 0.1) is 6.10 Å². The van der Waals surface area contributed by atoms with Gasteiger partial charge in [-0.25, -0.2) is 0 Å². The van der Waals surface area contributed by atoms with Crippen LogP contribution in [-0.4, -0.2) is 24.5 Å². The average Bonchev–Trinajstić information content (AvgIpc) is 2.44. The summed E-state index contributed by atoms with van der Waals surface area (Å²) in [5.74, 6) is -0.411. The van der Waals surface area contributed by atoms with Crippen LogP contribution in [0.4, 0.5) is 0 Å². The third-order valence-corrected chi connectivity index (χ3v) is 4.81. The second kappa shape index (κ2) is 5.60. The molecule has 21 heavy (non-hydrogen) atoms. The maximum Gasteiger partial charge on any atom is 0.230 e. The molecule has 1 spiro atoms. The summed E-state index contributed by atoms with van der Waals surface area (Å²) in [6, 6.07) is 10.0. The Hall–Kier alpha value is -1.68. The van der Waals surface area contributed by atoms with Gasteiger partial charge in [-0.15, -0.1) is 0 Å². The van der Waals surface area contributed by atoms with Crippen LogP contribution in [0.15, 0.2) is 30.3 Å². The quantitative estimate of drug-likeness (QED) is 0.847. The lowest BCUT2D eigenvalue weighted by atomic mass is 9.62. The molecule has 112 valence electrons. The monoisotopic (exact) mass is 287 g/mol. The Morgan fingerprint density at radius 3 is 2.76 bits per heavy atom.